The summed E-state index contributed by atoms with van der Waals surface area (Å²) in [4.78, 5) is 4.45. The molecule has 3 heteroatoms. The maximum atomic E-state index is 4.45. The molecular weight excluding hydrogens is 234 g/mol. The molecule has 1 unspecified atom stereocenters. The number of rotatable bonds is 3. The molecule has 2 heterocycles. The van der Waals surface area contributed by atoms with Gasteiger partial charge in [0.15, 0.2) is 0 Å². The van der Waals surface area contributed by atoms with Gasteiger partial charge in [-0.3, -0.25) is 0 Å². The second-order valence-corrected chi connectivity index (χ2v) is 5.39. The number of aromatic nitrogens is 2. The number of nitrogens with one attached hydrogen (secondary N) is 1. The van der Waals surface area contributed by atoms with E-state index in [0.717, 1.165) is 25.1 Å². The molecule has 19 heavy (non-hydrogen) atoms. The fraction of sp³-hybridized carbons (Fsp3) is 0.438. The Hall–Kier alpha value is -1.77. The third-order valence-electron chi connectivity index (χ3n) is 3.81. The monoisotopic (exact) mass is 255 g/mol. The maximum Gasteiger partial charge on any atom is 0.113 e. The molecule has 0 fully saturated rings. The number of fused-ring (bicyclic) bond motifs is 1. The zero-order valence-corrected chi connectivity index (χ0v) is 11.7. The highest BCUT2D eigenvalue weighted by atomic mass is 15.1. The minimum absolute atomic E-state index is 0.585. The van der Waals surface area contributed by atoms with Crippen molar-refractivity contribution in [3.8, 4) is 5.69 Å². The summed E-state index contributed by atoms with van der Waals surface area (Å²) in [5.74, 6) is 1.15. The third kappa shape index (κ3) is 2.37. The van der Waals surface area contributed by atoms with Crippen LogP contribution in [0.5, 0.6) is 0 Å². The number of aryl methyl sites for hydroxylation is 2. The predicted molar refractivity (Wildman–Crippen MR) is 79.0 cm³/mol. The molecule has 0 saturated heterocycles. The minimum atomic E-state index is 0.585. The second kappa shape index (κ2) is 5.08. The lowest BCUT2D eigenvalue weighted by Crippen LogP contribution is -2.22. The molecule has 3 rings (SSSR count). The van der Waals surface area contributed by atoms with Gasteiger partial charge in [-0.2, -0.15) is 0 Å². The summed E-state index contributed by atoms with van der Waals surface area (Å²) in [5, 5.41) is 3.55. The highest BCUT2D eigenvalue weighted by Gasteiger charge is 2.15. The Morgan fingerprint density at radius 1 is 1.42 bits per heavy atom. The maximum absolute atomic E-state index is 4.45. The van der Waals surface area contributed by atoms with Gasteiger partial charge in [0.05, 0.1) is 0 Å². The van der Waals surface area contributed by atoms with Crippen LogP contribution in [0.1, 0.15) is 38.1 Å². The van der Waals surface area contributed by atoms with Gasteiger partial charge >= 0.3 is 0 Å². The summed E-state index contributed by atoms with van der Waals surface area (Å²) in [6.07, 6.45) is 8.48. The lowest BCUT2D eigenvalue weighted by Gasteiger charge is -2.24. The Balaban J connectivity index is 1.95. The quantitative estimate of drug-likeness (QED) is 0.908. The van der Waals surface area contributed by atoms with Crippen LogP contribution in [0.15, 0.2) is 30.6 Å². The average Bonchev–Trinajstić information content (AvgIpc) is 2.87. The molecular formula is C16H21N3. The molecule has 1 aliphatic heterocycles. The first-order valence-corrected chi connectivity index (χ1v) is 7.20. The molecule has 2 aromatic rings. The Morgan fingerprint density at radius 2 is 2.32 bits per heavy atom. The van der Waals surface area contributed by atoms with Crippen LogP contribution in [0.25, 0.3) is 5.69 Å². The number of hydrogen-bond acceptors (Lipinski definition) is 2. The van der Waals surface area contributed by atoms with Gasteiger partial charge in [0.25, 0.3) is 0 Å². The van der Waals surface area contributed by atoms with Crippen molar-refractivity contribution in [3.05, 3.63) is 42.0 Å². The molecule has 0 bridgehead atoms. The molecule has 0 saturated carbocycles. The van der Waals surface area contributed by atoms with Crippen LogP contribution in [0.4, 0.5) is 5.69 Å². The molecule has 1 aromatic heterocycles. The summed E-state index contributed by atoms with van der Waals surface area (Å²) in [7, 11) is 0. The lowest BCUT2D eigenvalue weighted by atomic mass is 9.98. The lowest BCUT2D eigenvalue weighted by molar-refractivity contribution is 0.680. The van der Waals surface area contributed by atoms with E-state index in [1.807, 2.05) is 6.20 Å². The summed E-state index contributed by atoms with van der Waals surface area (Å²) in [6, 6.07) is 7.28. The van der Waals surface area contributed by atoms with Crippen molar-refractivity contribution < 1.29 is 0 Å². The number of imidazole rings is 1. The van der Waals surface area contributed by atoms with E-state index in [1.54, 1.807) is 0 Å². The average molecular weight is 255 g/mol. The van der Waals surface area contributed by atoms with E-state index < -0.39 is 0 Å². The molecule has 0 amide bonds. The fourth-order valence-electron chi connectivity index (χ4n) is 2.77. The van der Waals surface area contributed by atoms with Crippen molar-refractivity contribution in [1.29, 1.82) is 0 Å². The molecule has 1 atom stereocenters. The van der Waals surface area contributed by atoms with E-state index in [2.05, 4.69) is 53.1 Å². The number of hydrogen-bond donors (Lipinski definition) is 1. The van der Waals surface area contributed by atoms with Crippen LogP contribution in [-0.4, -0.2) is 15.6 Å². The van der Waals surface area contributed by atoms with Crippen LogP contribution in [0.2, 0.25) is 0 Å². The van der Waals surface area contributed by atoms with Crippen LogP contribution >= 0.6 is 0 Å². The Kier molecular flexibility index (Phi) is 3.28. The topological polar surface area (TPSA) is 29.9 Å². The van der Waals surface area contributed by atoms with Gasteiger partial charge in [-0.1, -0.05) is 6.92 Å². The summed E-state index contributed by atoms with van der Waals surface area (Å²) in [5.41, 5.74) is 3.95. The van der Waals surface area contributed by atoms with Gasteiger partial charge in [0.2, 0.25) is 0 Å². The van der Waals surface area contributed by atoms with Crippen LogP contribution in [0.3, 0.4) is 0 Å². The Bertz CT molecular complexity index is 571. The number of nitrogens with zero attached hydrogens (tertiary/aromatic N) is 2. The van der Waals surface area contributed by atoms with Gasteiger partial charge in [0.1, 0.15) is 5.82 Å². The van der Waals surface area contributed by atoms with Gasteiger partial charge in [0, 0.05) is 36.2 Å². The van der Waals surface area contributed by atoms with E-state index in [1.165, 1.54) is 23.4 Å². The highest BCUT2D eigenvalue weighted by Crippen LogP contribution is 2.27. The summed E-state index contributed by atoms with van der Waals surface area (Å²) >= 11 is 0. The van der Waals surface area contributed by atoms with Crippen molar-refractivity contribution in [2.75, 3.05) is 5.32 Å². The number of anilines is 1. The smallest absolute Gasteiger partial charge is 0.113 e. The molecule has 3 nitrogen and oxygen atoms in total. The van der Waals surface area contributed by atoms with E-state index >= 15 is 0 Å². The van der Waals surface area contributed by atoms with Crippen molar-refractivity contribution in [3.63, 3.8) is 0 Å². The standard InChI is InChI=1S/C16H21N3/c1-3-4-16-17-9-10-19(16)14-7-8-15-13(11-14)6-5-12(2)18-15/h7-12,18H,3-6H2,1-2H3. The van der Waals surface area contributed by atoms with E-state index in [0.29, 0.717) is 6.04 Å². The van der Waals surface area contributed by atoms with Crippen molar-refractivity contribution in [1.82, 2.24) is 9.55 Å². The van der Waals surface area contributed by atoms with Crippen LogP contribution in [-0.2, 0) is 12.8 Å². The molecule has 0 spiro atoms. The van der Waals surface area contributed by atoms with Crippen LogP contribution < -0.4 is 5.32 Å². The van der Waals surface area contributed by atoms with E-state index in [4.69, 9.17) is 0 Å². The molecule has 1 aromatic carbocycles. The van der Waals surface area contributed by atoms with Crippen LogP contribution in [0, 0.1) is 0 Å². The van der Waals surface area contributed by atoms with Gasteiger partial charge < -0.3 is 9.88 Å². The van der Waals surface area contributed by atoms with Crippen molar-refractivity contribution in [2.45, 2.75) is 45.6 Å². The number of benzene rings is 1. The Labute approximate surface area is 114 Å². The Morgan fingerprint density at radius 3 is 3.16 bits per heavy atom. The molecule has 100 valence electrons. The minimum Gasteiger partial charge on any atom is -0.382 e. The molecule has 0 aliphatic carbocycles. The van der Waals surface area contributed by atoms with E-state index in [9.17, 15) is 0 Å². The molecule has 0 radical (unpaired) electrons. The normalized spacial score (nSPS) is 17.9. The first-order valence-electron chi connectivity index (χ1n) is 7.20. The van der Waals surface area contributed by atoms with E-state index in [-0.39, 0.29) is 0 Å². The van der Waals surface area contributed by atoms with Gasteiger partial charge in [-0.15, -0.1) is 0 Å². The summed E-state index contributed by atoms with van der Waals surface area (Å²) in [6.45, 7) is 4.43. The predicted octanol–water partition coefficient (Wildman–Crippen LogP) is 3.57. The first kappa shape index (κ1) is 12.3. The molecule has 1 aliphatic rings. The largest absolute Gasteiger partial charge is 0.382 e. The van der Waals surface area contributed by atoms with Gasteiger partial charge in [-0.25, -0.2) is 4.98 Å². The van der Waals surface area contributed by atoms with Crippen molar-refractivity contribution >= 4 is 5.69 Å². The first-order chi connectivity index (χ1) is 9.28. The SMILES string of the molecule is CCCc1nccn1-c1ccc2c(c1)CCC(C)N2. The summed E-state index contributed by atoms with van der Waals surface area (Å²) < 4.78 is 2.21. The molecule has 1 N–H and O–H groups in total. The second-order valence-electron chi connectivity index (χ2n) is 5.39. The highest BCUT2D eigenvalue weighted by molar-refractivity contribution is 5.58. The third-order valence-corrected chi connectivity index (χ3v) is 3.81. The zero-order chi connectivity index (χ0) is 13.2. The fourth-order valence-corrected chi connectivity index (χ4v) is 2.77. The zero-order valence-electron chi connectivity index (χ0n) is 11.7. The van der Waals surface area contributed by atoms with Crippen molar-refractivity contribution in [2.24, 2.45) is 0 Å². The van der Waals surface area contributed by atoms with Gasteiger partial charge in [-0.05, 0) is 49.9 Å².